The van der Waals surface area contributed by atoms with Crippen LogP contribution < -0.4 is 5.73 Å². The zero-order valence-corrected chi connectivity index (χ0v) is 12.7. The van der Waals surface area contributed by atoms with Crippen molar-refractivity contribution in [1.29, 1.82) is 0 Å². The number of nitrogens with two attached hydrogens (primary N) is 1. The average Bonchev–Trinajstić information content (AvgIpc) is 3.21. The molecule has 1 saturated carbocycles. The smallest absolute Gasteiger partial charge is 0.0590 e. The van der Waals surface area contributed by atoms with Crippen molar-refractivity contribution in [3.63, 3.8) is 0 Å². The van der Waals surface area contributed by atoms with E-state index in [2.05, 4.69) is 25.7 Å². The Labute approximate surface area is 113 Å². The zero-order chi connectivity index (χ0) is 13.6. The highest BCUT2D eigenvalue weighted by Crippen LogP contribution is 2.39. The first-order valence-electron chi connectivity index (χ1n) is 7.61. The third-order valence-corrected chi connectivity index (χ3v) is 4.69. The summed E-state index contributed by atoms with van der Waals surface area (Å²) < 4.78 is 5.30. The lowest BCUT2D eigenvalue weighted by molar-refractivity contribution is 0.0123. The molecule has 108 valence electrons. The molecule has 0 heterocycles. The molecule has 3 heteroatoms. The Morgan fingerprint density at radius 2 is 2.06 bits per heavy atom. The summed E-state index contributed by atoms with van der Waals surface area (Å²) >= 11 is 0. The highest BCUT2D eigenvalue weighted by atomic mass is 16.5. The second-order valence-corrected chi connectivity index (χ2v) is 5.80. The quantitative estimate of drug-likeness (QED) is 0.653. The minimum absolute atomic E-state index is 0.176. The number of methoxy groups -OCH3 is 1. The predicted molar refractivity (Wildman–Crippen MR) is 77.8 cm³/mol. The normalized spacial score (nSPS) is 21.0. The molecule has 2 unspecified atom stereocenters. The van der Waals surface area contributed by atoms with Crippen molar-refractivity contribution in [3.05, 3.63) is 0 Å². The van der Waals surface area contributed by atoms with E-state index in [0.29, 0.717) is 6.04 Å². The molecular formula is C15H32N2O. The Bertz CT molecular complexity index is 225. The molecule has 0 aromatic rings. The van der Waals surface area contributed by atoms with E-state index in [4.69, 9.17) is 10.5 Å². The number of hydrogen-bond donors (Lipinski definition) is 1. The highest BCUT2D eigenvalue weighted by Gasteiger charge is 2.41. The lowest BCUT2D eigenvalue weighted by Gasteiger charge is -2.47. The molecule has 1 aliphatic carbocycles. The molecule has 0 saturated heterocycles. The van der Waals surface area contributed by atoms with Crippen molar-refractivity contribution in [2.24, 2.45) is 11.7 Å². The van der Waals surface area contributed by atoms with Crippen molar-refractivity contribution in [2.45, 2.75) is 64.5 Å². The second kappa shape index (κ2) is 7.46. The first-order valence-corrected chi connectivity index (χ1v) is 7.61. The van der Waals surface area contributed by atoms with Crippen molar-refractivity contribution < 1.29 is 4.74 Å². The summed E-state index contributed by atoms with van der Waals surface area (Å²) in [6, 6.07) is 0.648. The average molecular weight is 256 g/mol. The molecule has 0 aliphatic heterocycles. The molecule has 1 rings (SSSR count). The Kier molecular flexibility index (Phi) is 6.61. The minimum atomic E-state index is 0.176. The Morgan fingerprint density at radius 3 is 2.44 bits per heavy atom. The summed E-state index contributed by atoms with van der Waals surface area (Å²) in [7, 11) is 1.79. The van der Waals surface area contributed by atoms with E-state index in [0.717, 1.165) is 32.0 Å². The van der Waals surface area contributed by atoms with Crippen LogP contribution in [0.4, 0.5) is 0 Å². The van der Waals surface area contributed by atoms with E-state index < -0.39 is 0 Å². The van der Waals surface area contributed by atoms with E-state index in [1.54, 1.807) is 7.11 Å². The van der Waals surface area contributed by atoms with Crippen LogP contribution in [0.5, 0.6) is 0 Å². The Morgan fingerprint density at radius 1 is 1.39 bits per heavy atom. The van der Waals surface area contributed by atoms with Gasteiger partial charge in [0.25, 0.3) is 0 Å². The van der Waals surface area contributed by atoms with E-state index in [9.17, 15) is 0 Å². The van der Waals surface area contributed by atoms with Crippen LogP contribution in [0.2, 0.25) is 0 Å². The first-order chi connectivity index (χ1) is 8.65. The number of ether oxygens (including phenoxy) is 1. The predicted octanol–water partition coefficient (Wildman–Crippen LogP) is 2.64. The van der Waals surface area contributed by atoms with Gasteiger partial charge < -0.3 is 10.5 Å². The number of rotatable bonds is 10. The van der Waals surface area contributed by atoms with Crippen molar-refractivity contribution in [1.82, 2.24) is 4.90 Å². The van der Waals surface area contributed by atoms with Gasteiger partial charge >= 0.3 is 0 Å². The molecule has 0 aromatic carbocycles. The maximum Gasteiger partial charge on any atom is 0.0590 e. The summed E-state index contributed by atoms with van der Waals surface area (Å²) in [5, 5.41) is 0. The molecule has 0 aromatic heterocycles. The van der Waals surface area contributed by atoms with Gasteiger partial charge in [-0.2, -0.15) is 0 Å². The van der Waals surface area contributed by atoms with Gasteiger partial charge in [-0.1, -0.05) is 20.3 Å². The van der Waals surface area contributed by atoms with Crippen LogP contribution in [-0.4, -0.2) is 43.3 Å². The van der Waals surface area contributed by atoms with Crippen LogP contribution in [-0.2, 0) is 4.74 Å². The molecule has 0 spiro atoms. The Balaban J connectivity index is 2.80. The van der Waals surface area contributed by atoms with Gasteiger partial charge in [-0.3, -0.25) is 4.90 Å². The fourth-order valence-corrected chi connectivity index (χ4v) is 3.25. The highest BCUT2D eigenvalue weighted by molar-refractivity contribution is 4.97. The molecular weight excluding hydrogens is 224 g/mol. The summed E-state index contributed by atoms with van der Waals surface area (Å²) in [5.74, 6) is 0.885. The first kappa shape index (κ1) is 15.9. The Hall–Kier alpha value is -0.120. The lowest BCUT2D eigenvalue weighted by Crippen LogP contribution is -2.58. The van der Waals surface area contributed by atoms with Crippen LogP contribution >= 0.6 is 0 Å². The van der Waals surface area contributed by atoms with Gasteiger partial charge in [0.15, 0.2) is 0 Å². The van der Waals surface area contributed by atoms with Gasteiger partial charge in [0, 0.05) is 31.8 Å². The number of nitrogens with zero attached hydrogens (tertiary/aromatic N) is 1. The summed E-state index contributed by atoms with van der Waals surface area (Å²) in [5.41, 5.74) is 6.33. The van der Waals surface area contributed by atoms with Crippen LogP contribution in [0.15, 0.2) is 0 Å². The van der Waals surface area contributed by atoms with E-state index in [1.807, 2.05) is 0 Å². The molecule has 1 aliphatic rings. The van der Waals surface area contributed by atoms with Gasteiger partial charge in [0.05, 0.1) is 6.61 Å². The van der Waals surface area contributed by atoms with Gasteiger partial charge in [-0.15, -0.1) is 0 Å². The van der Waals surface area contributed by atoms with Crippen LogP contribution in [0, 0.1) is 5.92 Å². The maximum atomic E-state index is 6.15. The monoisotopic (exact) mass is 256 g/mol. The number of hydrogen-bond acceptors (Lipinski definition) is 3. The summed E-state index contributed by atoms with van der Waals surface area (Å²) in [6.45, 7) is 9.50. The molecule has 0 bridgehead atoms. The van der Waals surface area contributed by atoms with Gasteiger partial charge in [-0.05, 0) is 38.5 Å². The van der Waals surface area contributed by atoms with Crippen LogP contribution in [0.1, 0.15) is 52.9 Å². The summed E-state index contributed by atoms with van der Waals surface area (Å²) in [6.07, 6.45) is 6.31. The SMILES string of the molecule is CCCC(CC)(CN)N(CCOC)C(C)C1CC1. The van der Waals surface area contributed by atoms with Crippen molar-refractivity contribution >= 4 is 0 Å². The van der Waals surface area contributed by atoms with Gasteiger partial charge in [0.2, 0.25) is 0 Å². The van der Waals surface area contributed by atoms with E-state index in [1.165, 1.54) is 25.7 Å². The van der Waals surface area contributed by atoms with Gasteiger partial charge in [0.1, 0.15) is 0 Å². The largest absolute Gasteiger partial charge is 0.383 e. The third kappa shape index (κ3) is 3.69. The van der Waals surface area contributed by atoms with Crippen molar-refractivity contribution in [3.8, 4) is 0 Å². The fraction of sp³-hybridized carbons (Fsp3) is 1.00. The molecule has 1 fully saturated rings. The van der Waals surface area contributed by atoms with E-state index >= 15 is 0 Å². The van der Waals surface area contributed by atoms with Crippen LogP contribution in [0.25, 0.3) is 0 Å². The van der Waals surface area contributed by atoms with Crippen LogP contribution in [0.3, 0.4) is 0 Å². The topological polar surface area (TPSA) is 38.5 Å². The molecule has 3 nitrogen and oxygen atoms in total. The molecule has 0 radical (unpaired) electrons. The zero-order valence-electron chi connectivity index (χ0n) is 12.7. The second-order valence-electron chi connectivity index (χ2n) is 5.80. The lowest BCUT2D eigenvalue weighted by atomic mass is 9.86. The molecule has 2 atom stereocenters. The van der Waals surface area contributed by atoms with E-state index in [-0.39, 0.29) is 5.54 Å². The molecule has 18 heavy (non-hydrogen) atoms. The minimum Gasteiger partial charge on any atom is -0.383 e. The third-order valence-electron chi connectivity index (χ3n) is 4.69. The molecule has 0 amide bonds. The standard InChI is InChI=1S/C15H32N2O/c1-5-9-15(6-2,12-16)17(10-11-18-4)13(3)14-7-8-14/h13-14H,5-12,16H2,1-4H3. The fourth-order valence-electron chi connectivity index (χ4n) is 3.25. The maximum absolute atomic E-state index is 6.15. The molecule has 2 N–H and O–H groups in total. The van der Waals surface area contributed by atoms with Crippen molar-refractivity contribution in [2.75, 3.05) is 26.8 Å². The summed E-state index contributed by atoms with van der Waals surface area (Å²) in [4.78, 5) is 2.65. The van der Waals surface area contributed by atoms with Gasteiger partial charge in [-0.25, -0.2) is 0 Å².